The predicted molar refractivity (Wildman–Crippen MR) is 94.9 cm³/mol. The smallest absolute Gasteiger partial charge is 0.292 e. The van der Waals surface area contributed by atoms with Crippen LogP contribution in [0.3, 0.4) is 0 Å². The molecule has 24 heavy (non-hydrogen) atoms. The Hall–Kier alpha value is -2.37. The Kier molecular flexibility index (Phi) is 4.83. The van der Waals surface area contributed by atoms with E-state index in [1.165, 1.54) is 0 Å². The summed E-state index contributed by atoms with van der Waals surface area (Å²) in [6, 6.07) is 15.6. The average Bonchev–Trinajstić information content (AvgIpc) is 2.85. The SMILES string of the molecule is O=C(CN1C(=O)S/C(=C/c2ccccc2Cl)C1=O)c1ccccc1. The first kappa shape index (κ1) is 16.5. The van der Waals surface area contributed by atoms with Crippen LogP contribution in [0.1, 0.15) is 15.9 Å². The van der Waals surface area contributed by atoms with Gasteiger partial charge in [0.2, 0.25) is 0 Å². The molecule has 6 heteroatoms. The molecule has 0 spiro atoms. The van der Waals surface area contributed by atoms with Gasteiger partial charge in [0.25, 0.3) is 11.1 Å². The summed E-state index contributed by atoms with van der Waals surface area (Å²) >= 11 is 6.88. The molecule has 0 aromatic heterocycles. The second-order valence-corrected chi connectivity index (χ2v) is 6.48. The van der Waals surface area contributed by atoms with Gasteiger partial charge in [-0.25, -0.2) is 0 Å². The highest BCUT2D eigenvalue weighted by Gasteiger charge is 2.36. The van der Waals surface area contributed by atoms with Gasteiger partial charge in [-0.05, 0) is 29.5 Å². The van der Waals surface area contributed by atoms with Crippen LogP contribution in [0.5, 0.6) is 0 Å². The van der Waals surface area contributed by atoms with Crippen LogP contribution in [0, 0.1) is 0 Å². The molecule has 1 saturated heterocycles. The first-order chi connectivity index (χ1) is 11.6. The molecule has 0 aliphatic carbocycles. The Morgan fingerprint density at radius 3 is 2.42 bits per heavy atom. The number of nitrogens with zero attached hydrogens (tertiary/aromatic N) is 1. The quantitative estimate of drug-likeness (QED) is 0.606. The van der Waals surface area contributed by atoms with Crippen molar-refractivity contribution in [2.75, 3.05) is 6.54 Å². The molecule has 1 aliphatic heterocycles. The van der Waals surface area contributed by atoms with Crippen LogP contribution in [0.4, 0.5) is 4.79 Å². The van der Waals surface area contributed by atoms with E-state index < -0.39 is 11.1 Å². The fourth-order valence-electron chi connectivity index (χ4n) is 2.23. The van der Waals surface area contributed by atoms with Crippen molar-refractivity contribution in [1.82, 2.24) is 4.90 Å². The summed E-state index contributed by atoms with van der Waals surface area (Å²) in [5.74, 6) is -0.758. The van der Waals surface area contributed by atoms with Gasteiger partial charge in [-0.2, -0.15) is 0 Å². The van der Waals surface area contributed by atoms with Crippen LogP contribution < -0.4 is 0 Å². The first-order valence-electron chi connectivity index (χ1n) is 7.14. The fourth-order valence-corrected chi connectivity index (χ4v) is 3.25. The number of carbonyl (C=O) groups excluding carboxylic acids is 3. The number of benzene rings is 2. The molecule has 3 rings (SSSR count). The summed E-state index contributed by atoms with van der Waals surface area (Å²) in [4.78, 5) is 37.9. The second-order valence-electron chi connectivity index (χ2n) is 5.08. The molecule has 1 aliphatic rings. The Morgan fingerprint density at radius 1 is 1.04 bits per heavy atom. The van der Waals surface area contributed by atoms with Gasteiger partial charge in [0.1, 0.15) is 0 Å². The molecule has 0 unspecified atom stereocenters. The van der Waals surface area contributed by atoms with Crippen molar-refractivity contribution in [1.29, 1.82) is 0 Å². The van der Waals surface area contributed by atoms with E-state index in [0.717, 1.165) is 16.7 Å². The van der Waals surface area contributed by atoms with Crippen molar-refractivity contribution in [3.05, 3.63) is 75.7 Å². The van der Waals surface area contributed by atoms with E-state index in [9.17, 15) is 14.4 Å². The number of rotatable bonds is 4. The molecule has 4 nitrogen and oxygen atoms in total. The van der Waals surface area contributed by atoms with Crippen molar-refractivity contribution < 1.29 is 14.4 Å². The summed E-state index contributed by atoms with van der Waals surface area (Å²) in [5.41, 5.74) is 1.12. The number of halogens is 1. The molecule has 0 atom stereocenters. The minimum absolute atomic E-state index is 0.258. The van der Waals surface area contributed by atoms with E-state index in [4.69, 9.17) is 11.6 Å². The second kappa shape index (κ2) is 7.03. The summed E-state index contributed by atoms with van der Waals surface area (Å²) in [7, 11) is 0. The molecule has 2 amide bonds. The van der Waals surface area contributed by atoms with Crippen molar-refractivity contribution in [3.8, 4) is 0 Å². The Labute approximate surface area is 148 Å². The number of ketones is 1. The van der Waals surface area contributed by atoms with Gasteiger partial charge in [-0.1, -0.05) is 60.1 Å². The molecule has 1 heterocycles. The largest absolute Gasteiger partial charge is 0.293 e. The molecule has 0 radical (unpaired) electrons. The fraction of sp³-hybridized carbons (Fsp3) is 0.0556. The Morgan fingerprint density at radius 2 is 1.71 bits per heavy atom. The number of imide groups is 1. The van der Waals surface area contributed by atoms with Crippen LogP contribution in [0.2, 0.25) is 5.02 Å². The number of Topliss-reactive ketones (excluding diaryl/α,β-unsaturated/α-hetero) is 1. The normalized spacial score (nSPS) is 16.0. The van der Waals surface area contributed by atoms with Gasteiger partial charge >= 0.3 is 0 Å². The molecular formula is C18H12ClNO3S. The van der Waals surface area contributed by atoms with E-state index in [0.29, 0.717) is 16.1 Å². The summed E-state index contributed by atoms with van der Waals surface area (Å²) in [5, 5.41) is 0.0345. The monoisotopic (exact) mass is 357 g/mol. The number of amides is 2. The minimum atomic E-state index is -0.478. The zero-order valence-electron chi connectivity index (χ0n) is 12.4. The van der Waals surface area contributed by atoms with Gasteiger partial charge in [0.15, 0.2) is 5.78 Å². The van der Waals surface area contributed by atoms with Crippen LogP contribution in [0.25, 0.3) is 6.08 Å². The third kappa shape index (κ3) is 3.42. The average molecular weight is 358 g/mol. The standard InChI is InChI=1S/C18H12ClNO3S/c19-14-9-5-4-8-13(14)10-16-17(22)20(18(23)24-16)11-15(21)12-6-2-1-3-7-12/h1-10H,11H2/b16-10+. The molecule has 1 fully saturated rings. The lowest BCUT2D eigenvalue weighted by Gasteiger charge is -2.11. The highest BCUT2D eigenvalue weighted by atomic mass is 35.5. The van der Waals surface area contributed by atoms with Crippen molar-refractivity contribution in [3.63, 3.8) is 0 Å². The lowest BCUT2D eigenvalue weighted by Crippen LogP contribution is -2.33. The van der Waals surface area contributed by atoms with E-state index in [1.807, 2.05) is 0 Å². The van der Waals surface area contributed by atoms with Crippen LogP contribution >= 0.6 is 23.4 Å². The minimum Gasteiger partial charge on any atom is -0.292 e. The van der Waals surface area contributed by atoms with Crippen LogP contribution in [-0.4, -0.2) is 28.4 Å². The molecule has 0 N–H and O–H groups in total. The van der Waals surface area contributed by atoms with E-state index in [2.05, 4.69) is 0 Å². The highest BCUT2D eigenvalue weighted by molar-refractivity contribution is 8.18. The maximum absolute atomic E-state index is 12.4. The predicted octanol–water partition coefficient (Wildman–Crippen LogP) is 4.26. The highest BCUT2D eigenvalue weighted by Crippen LogP contribution is 2.33. The third-order valence-electron chi connectivity index (χ3n) is 3.46. The lowest BCUT2D eigenvalue weighted by molar-refractivity contribution is -0.122. The third-order valence-corrected chi connectivity index (χ3v) is 4.71. The molecule has 2 aromatic carbocycles. The lowest BCUT2D eigenvalue weighted by atomic mass is 10.1. The van der Waals surface area contributed by atoms with Gasteiger partial charge in [0.05, 0.1) is 11.4 Å². The zero-order chi connectivity index (χ0) is 17.1. The van der Waals surface area contributed by atoms with E-state index in [1.54, 1.807) is 60.7 Å². The van der Waals surface area contributed by atoms with E-state index in [-0.39, 0.29) is 17.2 Å². The number of carbonyl (C=O) groups is 3. The topological polar surface area (TPSA) is 54.5 Å². The van der Waals surface area contributed by atoms with Crippen molar-refractivity contribution in [2.45, 2.75) is 0 Å². The van der Waals surface area contributed by atoms with Gasteiger partial charge < -0.3 is 0 Å². The summed E-state index contributed by atoms with van der Waals surface area (Å²) < 4.78 is 0. The van der Waals surface area contributed by atoms with Crippen molar-refractivity contribution >= 4 is 46.4 Å². The Balaban J connectivity index is 1.80. The maximum Gasteiger partial charge on any atom is 0.293 e. The Bertz CT molecular complexity index is 848. The number of hydrogen-bond donors (Lipinski definition) is 0. The number of hydrogen-bond acceptors (Lipinski definition) is 4. The molecule has 0 bridgehead atoms. The first-order valence-corrected chi connectivity index (χ1v) is 8.34. The molecular weight excluding hydrogens is 346 g/mol. The molecule has 120 valence electrons. The molecule has 0 saturated carbocycles. The van der Waals surface area contributed by atoms with Crippen LogP contribution in [0.15, 0.2) is 59.5 Å². The summed E-state index contributed by atoms with van der Waals surface area (Å²) in [6.07, 6.45) is 1.57. The number of thioether (sulfide) groups is 1. The van der Waals surface area contributed by atoms with Gasteiger partial charge in [-0.15, -0.1) is 0 Å². The summed E-state index contributed by atoms with van der Waals surface area (Å²) in [6.45, 7) is -0.269. The zero-order valence-corrected chi connectivity index (χ0v) is 14.0. The van der Waals surface area contributed by atoms with Crippen LogP contribution in [-0.2, 0) is 4.79 Å². The van der Waals surface area contributed by atoms with Gasteiger partial charge in [0, 0.05) is 10.6 Å². The maximum atomic E-state index is 12.4. The van der Waals surface area contributed by atoms with E-state index >= 15 is 0 Å². The van der Waals surface area contributed by atoms with Gasteiger partial charge in [-0.3, -0.25) is 19.3 Å². The van der Waals surface area contributed by atoms with Crippen molar-refractivity contribution in [2.24, 2.45) is 0 Å². The molecule has 2 aromatic rings.